The van der Waals surface area contributed by atoms with Crippen molar-refractivity contribution in [3.05, 3.63) is 157 Å². The number of benzene rings is 5. The largest absolute Gasteiger partial charge is 0.334 e. The van der Waals surface area contributed by atoms with Crippen molar-refractivity contribution in [1.29, 1.82) is 0 Å². The standard InChI is InChI=1S/C44H40Cl3N5O5S/c1-4-5-19-50(25-29-11-16-37(45)38(46)22-29)44(55)41-40(47)28(3)52(48-41)39-17-14-32(24-36(39)43(54)51-20-18-30-8-6-7-9-33(30)26-51)42(53)49-58(56,57)35-15-13-31-12-10-27(2)21-34(31)23-35/h6-17,21-24H,4-5,18-20,25-26H2,1-3H3,(H,49,53). The summed E-state index contributed by atoms with van der Waals surface area (Å²) in [6.45, 7) is 7.00. The van der Waals surface area contributed by atoms with Gasteiger partial charge in [0.25, 0.3) is 27.7 Å². The van der Waals surface area contributed by atoms with Crippen molar-refractivity contribution in [2.45, 2.75) is 58.0 Å². The summed E-state index contributed by atoms with van der Waals surface area (Å²) < 4.78 is 30.7. The molecule has 0 spiro atoms. The fourth-order valence-corrected chi connectivity index (χ4v) is 8.62. The Kier molecular flexibility index (Phi) is 12.0. The number of nitrogens with zero attached hydrogens (tertiary/aromatic N) is 4. The number of hydrogen-bond donors (Lipinski definition) is 1. The molecule has 1 aliphatic heterocycles. The van der Waals surface area contributed by atoms with E-state index in [-0.39, 0.29) is 39.0 Å². The first-order valence-electron chi connectivity index (χ1n) is 18.8. The van der Waals surface area contributed by atoms with Crippen molar-refractivity contribution < 1.29 is 22.8 Å². The molecule has 298 valence electrons. The Morgan fingerprint density at radius 3 is 2.36 bits per heavy atom. The zero-order valence-corrected chi connectivity index (χ0v) is 35.1. The van der Waals surface area contributed by atoms with Gasteiger partial charge in [-0.15, -0.1) is 0 Å². The number of unbranched alkanes of at least 4 members (excludes halogenated alkanes) is 1. The number of aromatic nitrogens is 2. The van der Waals surface area contributed by atoms with Gasteiger partial charge >= 0.3 is 0 Å². The number of fused-ring (bicyclic) bond motifs is 2. The number of nitrogens with one attached hydrogen (secondary N) is 1. The van der Waals surface area contributed by atoms with E-state index in [4.69, 9.17) is 34.8 Å². The number of aryl methyl sites for hydroxylation is 1. The lowest BCUT2D eigenvalue weighted by Crippen LogP contribution is -2.37. The van der Waals surface area contributed by atoms with E-state index < -0.39 is 27.7 Å². The first-order valence-corrected chi connectivity index (χ1v) is 21.4. The van der Waals surface area contributed by atoms with Gasteiger partial charge in [-0.25, -0.2) is 17.8 Å². The maximum atomic E-state index is 14.6. The van der Waals surface area contributed by atoms with Crippen LogP contribution < -0.4 is 4.72 Å². The molecule has 0 saturated heterocycles. The van der Waals surface area contributed by atoms with Crippen molar-refractivity contribution in [3.8, 4) is 5.69 Å². The Balaban J connectivity index is 1.25. The highest BCUT2D eigenvalue weighted by Crippen LogP contribution is 2.30. The molecule has 7 rings (SSSR count). The normalized spacial score (nSPS) is 12.7. The summed E-state index contributed by atoms with van der Waals surface area (Å²) >= 11 is 19.3. The number of hydrogen-bond acceptors (Lipinski definition) is 6. The lowest BCUT2D eigenvalue weighted by molar-refractivity contribution is 0.0729. The molecule has 0 saturated carbocycles. The summed E-state index contributed by atoms with van der Waals surface area (Å²) in [7, 11) is -4.31. The van der Waals surface area contributed by atoms with Crippen molar-refractivity contribution >= 4 is 73.3 Å². The van der Waals surface area contributed by atoms with E-state index in [0.29, 0.717) is 47.2 Å². The maximum Gasteiger partial charge on any atom is 0.276 e. The van der Waals surface area contributed by atoms with Crippen LogP contribution in [0.25, 0.3) is 16.5 Å². The molecule has 14 heteroatoms. The third-order valence-corrected chi connectivity index (χ3v) is 12.8. The van der Waals surface area contributed by atoms with E-state index >= 15 is 0 Å². The Bertz CT molecular complexity index is 2720. The molecule has 1 aliphatic rings. The van der Waals surface area contributed by atoms with Gasteiger partial charge in [0.2, 0.25) is 0 Å². The van der Waals surface area contributed by atoms with Crippen LogP contribution in [-0.4, -0.2) is 58.8 Å². The second-order valence-electron chi connectivity index (χ2n) is 14.4. The van der Waals surface area contributed by atoms with Gasteiger partial charge in [-0.2, -0.15) is 5.10 Å². The van der Waals surface area contributed by atoms with Crippen molar-refractivity contribution in [2.24, 2.45) is 0 Å². The minimum absolute atomic E-state index is 0.0147. The molecule has 0 aliphatic carbocycles. The van der Waals surface area contributed by atoms with Crippen molar-refractivity contribution in [3.63, 3.8) is 0 Å². The molecule has 0 atom stereocenters. The van der Waals surface area contributed by atoms with E-state index in [1.54, 1.807) is 41.0 Å². The van der Waals surface area contributed by atoms with Gasteiger partial charge in [0, 0.05) is 31.7 Å². The van der Waals surface area contributed by atoms with Crippen LogP contribution in [-0.2, 0) is 29.5 Å². The number of halogens is 3. The first kappa shape index (κ1) is 41.0. The Hall–Kier alpha value is -5.20. The van der Waals surface area contributed by atoms with Gasteiger partial charge in [0.05, 0.1) is 36.9 Å². The molecule has 58 heavy (non-hydrogen) atoms. The molecule has 1 N–H and O–H groups in total. The smallest absolute Gasteiger partial charge is 0.276 e. The molecule has 0 bridgehead atoms. The minimum atomic E-state index is -4.31. The SMILES string of the molecule is CCCCN(Cc1ccc(Cl)c(Cl)c1)C(=O)c1nn(-c2ccc(C(=O)NS(=O)(=O)c3ccc4ccc(C)cc4c3)cc2C(=O)N2CCc3ccccc3C2)c(C)c1Cl. The lowest BCUT2D eigenvalue weighted by atomic mass is 9.98. The molecular weight excluding hydrogens is 817 g/mol. The van der Waals surface area contributed by atoms with Crippen molar-refractivity contribution in [1.82, 2.24) is 24.3 Å². The molecule has 0 radical (unpaired) electrons. The molecule has 5 aromatic carbocycles. The summed E-state index contributed by atoms with van der Waals surface area (Å²) in [6, 6.07) is 27.7. The van der Waals surface area contributed by atoms with Crippen LogP contribution in [0.3, 0.4) is 0 Å². The highest BCUT2D eigenvalue weighted by Gasteiger charge is 2.30. The zero-order valence-electron chi connectivity index (χ0n) is 32.1. The molecule has 2 heterocycles. The van der Waals surface area contributed by atoms with Gasteiger partial charge in [0.1, 0.15) is 0 Å². The molecule has 6 aromatic rings. The van der Waals surface area contributed by atoms with E-state index in [9.17, 15) is 22.8 Å². The lowest BCUT2D eigenvalue weighted by Gasteiger charge is -2.29. The summed E-state index contributed by atoms with van der Waals surface area (Å²) in [5.41, 5.74) is 4.51. The average Bonchev–Trinajstić information content (AvgIpc) is 3.51. The molecule has 0 unspecified atom stereocenters. The predicted octanol–water partition coefficient (Wildman–Crippen LogP) is 9.36. The van der Waals surface area contributed by atoms with Gasteiger partial charge in [-0.3, -0.25) is 14.4 Å². The van der Waals surface area contributed by atoms with Crippen LogP contribution in [0.15, 0.2) is 102 Å². The fourth-order valence-electron chi connectivity index (χ4n) is 7.09. The average molecular weight is 857 g/mol. The van der Waals surface area contributed by atoms with Crippen LogP contribution in [0.1, 0.15) is 78.9 Å². The number of carbonyl (C=O) groups excluding carboxylic acids is 3. The van der Waals surface area contributed by atoms with E-state index in [0.717, 1.165) is 40.5 Å². The fraction of sp³-hybridized carbons (Fsp3) is 0.227. The van der Waals surface area contributed by atoms with Gasteiger partial charge in [-0.05, 0) is 96.6 Å². The number of amides is 3. The summed E-state index contributed by atoms with van der Waals surface area (Å²) in [4.78, 5) is 45.8. The van der Waals surface area contributed by atoms with Crippen molar-refractivity contribution in [2.75, 3.05) is 13.1 Å². The van der Waals surface area contributed by atoms with E-state index in [2.05, 4.69) is 9.82 Å². The first-order chi connectivity index (χ1) is 27.7. The van der Waals surface area contributed by atoms with Crippen LogP contribution in [0.2, 0.25) is 15.1 Å². The van der Waals surface area contributed by atoms with E-state index in [1.807, 2.05) is 56.3 Å². The summed E-state index contributed by atoms with van der Waals surface area (Å²) in [5, 5.41) is 7.13. The highest BCUT2D eigenvalue weighted by atomic mass is 35.5. The topological polar surface area (TPSA) is 122 Å². The van der Waals surface area contributed by atoms with E-state index in [1.165, 1.54) is 35.0 Å². The van der Waals surface area contributed by atoms with Crippen LogP contribution in [0.4, 0.5) is 0 Å². The predicted molar refractivity (Wildman–Crippen MR) is 228 cm³/mol. The molecular formula is C44H40Cl3N5O5S. The Morgan fingerprint density at radius 1 is 0.845 bits per heavy atom. The minimum Gasteiger partial charge on any atom is -0.334 e. The molecule has 3 amide bonds. The molecule has 1 aromatic heterocycles. The number of sulfonamides is 1. The van der Waals surface area contributed by atoms with Gasteiger partial charge in [-0.1, -0.05) is 108 Å². The Labute approximate surface area is 352 Å². The van der Waals surface area contributed by atoms with Crippen LogP contribution in [0, 0.1) is 13.8 Å². The summed E-state index contributed by atoms with van der Waals surface area (Å²) in [6.07, 6.45) is 2.18. The second kappa shape index (κ2) is 17.0. The molecule has 0 fully saturated rings. The highest BCUT2D eigenvalue weighted by molar-refractivity contribution is 7.90. The third kappa shape index (κ3) is 8.49. The van der Waals surface area contributed by atoms with Gasteiger partial charge < -0.3 is 9.80 Å². The zero-order chi connectivity index (χ0) is 41.3. The number of carbonyl (C=O) groups is 3. The van der Waals surface area contributed by atoms with Crippen LogP contribution >= 0.6 is 34.8 Å². The monoisotopic (exact) mass is 855 g/mol. The second-order valence-corrected chi connectivity index (χ2v) is 17.3. The third-order valence-electron chi connectivity index (χ3n) is 10.3. The van der Waals surface area contributed by atoms with Crippen LogP contribution in [0.5, 0.6) is 0 Å². The maximum absolute atomic E-state index is 14.6. The quantitative estimate of drug-likeness (QED) is 0.139. The molecule has 10 nitrogen and oxygen atoms in total. The number of rotatable bonds is 11. The summed E-state index contributed by atoms with van der Waals surface area (Å²) in [5.74, 6) is -1.75. The Morgan fingerprint density at radius 2 is 1.60 bits per heavy atom. The van der Waals surface area contributed by atoms with Gasteiger partial charge in [0.15, 0.2) is 5.69 Å².